The molecular weight excluding hydrogens is 183 g/mol. The molecule has 2 aromatic rings. The predicted molar refractivity (Wildman–Crippen MR) is 50.3 cm³/mol. The summed E-state index contributed by atoms with van der Waals surface area (Å²) in [6, 6.07) is 5.97. The van der Waals surface area contributed by atoms with Crippen LogP contribution in [0.3, 0.4) is 0 Å². The summed E-state index contributed by atoms with van der Waals surface area (Å²) in [6.07, 6.45) is 1.50. The van der Waals surface area contributed by atoms with Crippen LogP contribution in [0, 0.1) is 5.82 Å². The highest BCUT2D eigenvalue weighted by atomic mass is 19.1. The Morgan fingerprint density at radius 1 is 1.29 bits per heavy atom. The summed E-state index contributed by atoms with van der Waals surface area (Å²) in [5.41, 5.74) is 0.772. The first-order chi connectivity index (χ1) is 6.66. The SMILES string of the molecule is Cn1cc(O)nc1-c1ccc(F)cc1. The van der Waals surface area contributed by atoms with Gasteiger partial charge in [-0.25, -0.2) is 4.39 Å². The molecule has 0 spiro atoms. The van der Waals surface area contributed by atoms with Crippen molar-refractivity contribution in [2.75, 3.05) is 0 Å². The minimum absolute atomic E-state index is 0.0353. The van der Waals surface area contributed by atoms with Crippen molar-refractivity contribution in [3.8, 4) is 17.3 Å². The van der Waals surface area contributed by atoms with Crippen molar-refractivity contribution in [2.45, 2.75) is 0 Å². The molecule has 0 saturated heterocycles. The van der Waals surface area contributed by atoms with Gasteiger partial charge in [0.2, 0.25) is 5.88 Å². The lowest BCUT2D eigenvalue weighted by molar-refractivity contribution is 0.456. The van der Waals surface area contributed by atoms with E-state index in [4.69, 9.17) is 5.11 Å². The van der Waals surface area contributed by atoms with Crippen molar-refractivity contribution in [1.29, 1.82) is 0 Å². The largest absolute Gasteiger partial charge is 0.492 e. The van der Waals surface area contributed by atoms with Gasteiger partial charge in [0.1, 0.15) is 11.6 Å². The van der Waals surface area contributed by atoms with Gasteiger partial charge in [0.05, 0.1) is 6.20 Å². The van der Waals surface area contributed by atoms with E-state index < -0.39 is 0 Å². The Kier molecular flexibility index (Phi) is 1.96. The smallest absolute Gasteiger partial charge is 0.229 e. The van der Waals surface area contributed by atoms with E-state index in [9.17, 15) is 4.39 Å². The molecule has 72 valence electrons. The molecule has 0 unspecified atom stereocenters. The molecule has 0 atom stereocenters. The van der Waals surface area contributed by atoms with Crippen molar-refractivity contribution >= 4 is 0 Å². The molecule has 4 heteroatoms. The van der Waals surface area contributed by atoms with Gasteiger partial charge in [-0.15, -0.1) is 0 Å². The number of benzene rings is 1. The molecule has 1 aromatic heterocycles. The van der Waals surface area contributed by atoms with Gasteiger partial charge in [0.25, 0.3) is 0 Å². The van der Waals surface area contributed by atoms with Gasteiger partial charge in [-0.1, -0.05) is 0 Å². The zero-order chi connectivity index (χ0) is 10.1. The number of halogens is 1. The zero-order valence-electron chi connectivity index (χ0n) is 7.61. The van der Waals surface area contributed by atoms with E-state index in [1.54, 1.807) is 23.7 Å². The van der Waals surface area contributed by atoms with Crippen LogP contribution in [0.15, 0.2) is 30.5 Å². The molecule has 1 N–H and O–H groups in total. The molecular formula is C10H9FN2O. The van der Waals surface area contributed by atoms with Crippen LogP contribution in [0.25, 0.3) is 11.4 Å². The third-order valence-corrected chi connectivity index (χ3v) is 1.97. The van der Waals surface area contributed by atoms with E-state index in [-0.39, 0.29) is 11.7 Å². The molecule has 0 aliphatic carbocycles. The lowest BCUT2D eigenvalue weighted by Gasteiger charge is -1.99. The second-order valence-corrected chi connectivity index (χ2v) is 3.04. The summed E-state index contributed by atoms with van der Waals surface area (Å²) in [5, 5.41) is 9.14. The molecule has 1 aromatic carbocycles. The topological polar surface area (TPSA) is 38.0 Å². The Bertz CT molecular complexity index is 448. The molecule has 2 rings (SSSR count). The van der Waals surface area contributed by atoms with Crippen molar-refractivity contribution in [2.24, 2.45) is 7.05 Å². The summed E-state index contributed by atoms with van der Waals surface area (Å²) in [5.74, 6) is 0.293. The van der Waals surface area contributed by atoms with Gasteiger partial charge in [-0.3, -0.25) is 0 Å². The standard InChI is InChI=1S/C10H9FN2O/c1-13-6-9(14)12-10(13)7-2-4-8(11)5-3-7/h2-6,14H,1H3. The zero-order valence-corrected chi connectivity index (χ0v) is 7.61. The first-order valence-electron chi connectivity index (χ1n) is 4.15. The highest BCUT2D eigenvalue weighted by Crippen LogP contribution is 2.20. The van der Waals surface area contributed by atoms with Crippen LogP contribution in [0.5, 0.6) is 5.88 Å². The fraction of sp³-hybridized carbons (Fsp3) is 0.100. The molecule has 0 aliphatic rings. The summed E-state index contributed by atoms with van der Waals surface area (Å²) in [7, 11) is 1.77. The number of rotatable bonds is 1. The van der Waals surface area contributed by atoms with Crippen molar-refractivity contribution in [1.82, 2.24) is 9.55 Å². The molecule has 0 radical (unpaired) electrons. The average molecular weight is 192 g/mol. The summed E-state index contributed by atoms with van der Waals surface area (Å²) < 4.78 is 14.3. The second kappa shape index (κ2) is 3.14. The van der Waals surface area contributed by atoms with Gasteiger partial charge in [0.15, 0.2) is 0 Å². The van der Waals surface area contributed by atoms with Crippen LogP contribution in [0.2, 0.25) is 0 Å². The number of aromatic nitrogens is 2. The number of aromatic hydroxyl groups is 1. The van der Waals surface area contributed by atoms with Crippen molar-refractivity contribution < 1.29 is 9.50 Å². The van der Waals surface area contributed by atoms with E-state index in [2.05, 4.69) is 4.98 Å². The van der Waals surface area contributed by atoms with E-state index in [0.717, 1.165) is 5.56 Å². The third kappa shape index (κ3) is 1.46. The minimum Gasteiger partial charge on any atom is -0.492 e. The Hall–Kier alpha value is -1.84. The molecule has 14 heavy (non-hydrogen) atoms. The van der Waals surface area contributed by atoms with Gasteiger partial charge in [-0.05, 0) is 24.3 Å². The summed E-state index contributed by atoms with van der Waals surface area (Å²) in [4.78, 5) is 3.91. The van der Waals surface area contributed by atoms with Crippen molar-refractivity contribution in [3.05, 3.63) is 36.3 Å². The third-order valence-electron chi connectivity index (χ3n) is 1.97. The van der Waals surface area contributed by atoms with E-state index in [1.165, 1.54) is 18.3 Å². The normalized spacial score (nSPS) is 10.4. The molecule has 1 heterocycles. The van der Waals surface area contributed by atoms with Crippen LogP contribution in [-0.2, 0) is 7.05 Å². The van der Waals surface area contributed by atoms with Crippen LogP contribution < -0.4 is 0 Å². The van der Waals surface area contributed by atoms with Gasteiger partial charge in [0, 0.05) is 12.6 Å². The quantitative estimate of drug-likeness (QED) is 0.749. The Labute approximate surface area is 80.5 Å². The second-order valence-electron chi connectivity index (χ2n) is 3.04. The van der Waals surface area contributed by atoms with Crippen LogP contribution >= 0.6 is 0 Å². The maximum atomic E-state index is 12.6. The Morgan fingerprint density at radius 3 is 2.43 bits per heavy atom. The maximum absolute atomic E-state index is 12.6. The van der Waals surface area contributed by atoms with E-state index in [0.29, 0.717) is 5.82 Å². The predicted octanol–water partition coefficient (Wildman–Crippen LogP) is 1.93. The van der Waals surface area contributed by atoms with Crippen LogP contribution in [0.4, 0.5) is 4.39 Å². The van der Waals surface area contributed by atoms with Gasteiger partial charge in [-0.2, -0.15) is 4.98 Å². The van der Waals surface area contributed by atoms with Crippen LogP contribution in [-0.4, -0.2) is 14.7 Å². The molecule has 0 bridgehead atoms. The summed E-state index contributed by atoms with van der Waals surface area (Å²) in [6.45, 7) is 0. The Balaban J connectivity index is 2.49. The molecule has 0 fully saturated rings. The number of aryl methyl sites for hydroxylation is 1. The number of nitrogens with zero attached hydrogens (tertiary/aromatic N) is 2. The monoisotopic (exact) mass is 192 g/mol. The Morgan fingerprint density at radius 2 is 1.93 bits per heavy atom. The van der Waals surface area contributed by atoms with E-state index in [1.807, 2.05) is 0 Å². The van der Waals surface area contributed by atoms with Crippen molar-refractivity contribution in [3.63, 3.8) is 0 Å². The first kappa shape index (κ1) is 8.74. The molecule has 0 aliphatic heterocycles. The average Bonchev–Trinajstić information content (AvgIpc) is 2.47. The van der Waals surface area contributed by atoms with Crippen LogP contribution in [0.1, 0.15) is 0 Å². The lowest BCUT2D eigenvalue weighted by atomic mass is 10.2. The van der Waals surface area contributed by atoms with E-state index >= 15 is 0 Å². The fourth-order valence-electron chi connectivity index (χ4n) is 1.32. The molecule has 0 saturated carbocycles. The molecule has 3 nitrogen and oxygen atoms in total. The fourth-order valence-corrected chi connectivity index (χ4v) is 1.32. The summed E-state index contributed by atoms with van der Waals surface area (Å²) >= 11 is 0. The number of imidazole rings is 1. The van der Waals surface area contributed by atoms with Gasteiger partial charge < -0.3 is 9.67 Å². The van der Waals surface area contributed by atoms with Gasteiger partial charge >= 0.3 is 0 Å². The number of hydrogen-bond acceptors (Lipinski definition) is 2. The first-order valence-corrected chi connectivity index (χ1v) is 4.15. The highest BCUT2D eigenvalue weighted by Gasteiger charge is 2.06. The molecule has 0 amide bonds. The lowest BCUT2D eigenvalue weighted by Crippen LogP contribution is -1.90. The highest BCUT2D eigenvalue weighted by molar-refractivity contribution is 5.56. The number of hydrogen-bond donors (Lipinski definition) is 1. The maximum Gasteiger partial charge on any atom is 0.229 e. The minimum atomic E-state index is -0.285.